The van der Waals surface area contributed by atoms with Crippen LogP contribution < -0.4 is 10.2 Å². The van der Waals surface area contributed by atoms with Crippen LogP contribution in [0.5, 0.6) is 0 Å². The van der Waals surface area contributed by atoms with E-state index in [4.69, 9.17) is 23.2 Å². The molecule has 2 aliphatic rings. The van der Waals surface area contributed by atoms with Gasteiger partial charge in [0.15, 0.2) is 5.78 Å². The lowest BCUT2D eigenvalue weighted by Crippen LogP contribution is -2.38. The van der Waals surface area contributed by atoms with E-state index in [1.54, 1.807) is 23.1 Å². The maximum Gasteiger partial charge on any atom is 0.303 e. The van der Waals surface area contributed by atoms with Gasteiger partial charge in [0, 0.05) is 34.2 Å². The Kier molecular flexibility index (Phi) is 8.00. The number of rotatable bonds is 5. The summed E-state index contributed by atoms with van der Waals surface area (Å²) in [4.78, 5) is 41.0. The summed E-state index contributed by atoms with van der Waals surface area (Å²) < 4.78 is 0. The lowest BCUT2D eigenvalue weighted by Gasteiger charge is -2.35. The number of fused-ring (bicyclic) bond motifs is 1. The summed E-state index contributed by atoms with van der Waals surface area (Å²) >= 11 is 12.5. The highest BCUT2D eigenvalue weighted by molar-refractivity contribution is 6.31. The minimum Gasteiger partial charge on any atom is -0.481 e. The van der Waals surface area contributed by atoms with Crippen LogP contribution in [-0.2, 0) is 19.8 Å². The van der Waals surface area contributed by atoms with Gasteiger partial charge in [0.1, 0.15) is 0 Å². The third-order valence-corrected chi connectivity index (χ3v) is 8.29. The quantitative estimate of drug-likeness (QED) is 0.314. The van der Waals surface area contributed by atoms with Gasteiger partial charge in [0.05, 0.1) is 23.8 Å². The van der Waals surface area contributed by atoms with Gasteiger partial charge in [-0.2, -0.15) is 0 Å². The highest BCUT2D eigenvalue weighted by Gasteiger charge is 2.41. The highest BCUT2D eigenvalue weighted by Crippen LogP contribution is 2.48. The topological polar surface area (TPSA) is 86.7 Å². The van der Waals surface area contributed by atoms with Gasteiger partial charge in [0.25, 0.3) is 0 Å². The van der Waals surface area contributed by atoms with Crippen LogP contribution >= 0.6 is 23.2 Å². The third-order valence-electron chi connectivity index (χ3n) is 7.80. The highest BCUT2D eigenvalue weighted by atomic mass is 35.5. The van der Waals surface area contributed by atoms with E-state index in [0.717, 1.165) is 22.4 Å². The number of nitrogens with zero attached hydrogens (tertiary/aromatic N) is 1. The molecule has 8 heteroatoms. The van der Waals surface area contributed by atoms with Crippen molar-refractivity contribution >= 4 is 52.2 Å². The number of carbonyl (C=O) groups excluding carboxylic acids is 2. The normalized spacial score (nSPS) is 18.8. The van der Waals surface area contributed by atoms with Crippen LogP contribution in [0.2, 0.25) is 10.0 Å². The fourth-order valence-electron chi connectivity index (χ4n) is 5.68. The number of halogens is 2. The molecule has 6 nitrogen and oxygen atoms in total. The molecular weight excluding hydrogens is 559 g/mol. The van der Waals surface area contributed by atoms with E-state index >= 15 is 0 Å². The van der Waals surface area contributed by atoms with Crippen LogP contribution in [0.1, 0.15) is 75.1 Å². The Hall–Kier alpha value is -3.61. The fourth-order valence-corrected chi connectivity index (χ4v) is 5.98. The van der Waals surface area contributed by atoms with Crippen molar-refractivity contribution in [3.63, 3.8) is 0 Å². The first kappa shape index (κ1) is 28.9. The number of carbonyl (C=O) groups is 3. The monoisotopic (exact) mass is 590 g/mol. The molecule has 1 heterocycles. The summed E-state index contributed by atoms with van der Waals surface area (Å²) in [5.74, 6) is -1.59. The van der Waals surface area contributed by atoms with Crippen molar-refractivity contribution in [2.75, 3.05) is 10.2 Å². The number of anilines is 2. The minimum absolute atomic E-state index is 0.0708. The van der Waals surface area contributed by atoms with Crippen molar-refractivity contribution in [2.24, 2.45) is 0 Å². The van der Waals surface area contributed by atoms with Gasteiger partial charge in [0.2, 0.25) is 5.91 Å². The number of benzene rings is 3. The molecule has 5 rings (SSSR count). The molecule has 3 aromatic carbocycles. The van der Waals surface area contributed by atoms with E-state index < -0.39 is 12.0 Å². The first-order valence-electron chi connectivity index (χ1n) is 13.6. The summed E-state index contributed by atoms with van der Waals surface area (Å²) in [6.07, 6.45) is 0.285. The molecule has 2 N–H and O–H groups in total. The molecule has 3 aromatic rings. The molecule has 1 amide bonds. The lowest BCUT2D eigenvalue weighted by molar-refractivity contribution is -0.138. The average Bonchev–Trinajstić information content (AvgIpc) is 3.06. The van der Waals surface area contributed by atoms with E-state index in [2.05, 4.69) is 26.1 Å². The molecule has 1 aliphatic heterocycles. The van der Waals surface area contributed by atoms with Crippen LogP contribution in [0.4, 0.5) is 11.4 Å². The summed E-state index contributed by atoms with van der Waals surface area (Å²) in [7, 11) is 0. The van der Waals surface area contributed by atoms with Gasteiger partial charge in [-0.1, -0.05) is 80.4 Å². The smallest absolute Gasteiger partial charge is 0.303 e. The molecule has 0 radical (unpaired) electrons. The van der Waals surface area contributed by atoms with Crippen LogP contribution in [0.25, 0.3) is 0 Å². The number of allylic oxidation sites excluding steroid dienone is 1. The van der Waals surface area contributed by atoms with Crippen molar-refractivity contribution in [1.29, 1.82) is 0 Å². The molecule has 212 valence electrons. The zero-order valence-electron chi connectivity index (χ0n) is 23.2. The van der Waals surface area contributed by atoms with Crippen LogP contribution in [0.3, 0.4) is 0 Å². The Morgan fingerprint density at radius 2 is 1.54 bits per heavy atom. The Labute approximate surface area is 250 Å². The number of hydrogen-bond donors (Lipinski definition) is 2. The largest absolute Gasteiger partial charge is 0.481 e. The van der Waals surface area contributed by atoms with Gasteiger partial charge >= 0.3 is 5.97 Å². The third kappa shape index (κ3) is 6.04. The predicted octanol–water partition coefficient (Wildman–Crippen LogP) is 8.06. The molecule has 0 bridgehead atoms. The van der Waals surface area contributed by atoms with Gasteiger partial charge in [-0.05, 0) is 64.8 Å². The van der Waals surface area contributed by atoms with Crippen molar-refractivity contribution in [3.05, 3.63) is 105 Å². The molecule has 1 aliphatic carbocycles. The second-order valence-corrected chi connectivity index (χ2v) is 12.6. The standard InChI is InChI=1S/C33H32Cl2N2O4/c1-33(2,3)22-8-4-20(5-9-22)32-31-26(16-21(17-28(31)38)19-6-10-23(34)11-7-19)36-25-18-24(35)12-13-27(25)37(32)29(39)14-15-30(40)41/h4-13,18,21,32,36H,14-17H2,1-3H3,(H,40,41)/t21-,32+/m1/s1. The zero-order chi connectivity index (χ0) is 29.5. The van der Waals surface area contributed by atoms with Gasteiger partial charge in [-0.3, -0.25) is 19.3 Å². The second kappa shape index (κ2) is 11.3. The summed E-state index contributed by atoms with van der Waals surface area (Å²) in [6.45, 7) is 6.38. The average molecular weight is 592 g/mol. The number of aliphatic carboxylic acids is 1. The molecule has 0 fully saturated rings. The SMILES string of the molecule is CC(C)(C)c1ccc([C@H]2C3=C(C[C@@H](c4ccc(Cl)cc4)CC3=O)Nc3cc(Cl)ccc3N2C(=O)CCC(=O)O)cc1. The molecule has 41 heavy (non-hydrogen) atoms. The number of Topliss-reactive ketones (excluding diaryl/α,β-unsaturated/α-hetero) is 1. The van der Waals surface area contributed by atoms with Crippen LogP contribution in [-0.4, -0.2) is 22.8 Å². The summed E-state index contributed by atoms with van der Waals surface area (Å²) in [5, 5.41) is 13.9. The Morgan fingerprint density at radius 1 is 0.902 bits per heavy atom. The van der Waals surface area contributed by atoms with E-state index in [1.807, 2.05) is 48.5 Å². The molecule has 0 saturated heterocycles. The maximum atomic E-state index is 14.1. The van der Waals surface area contributed by atoms with Gasteiger partial charge < -0.3 is 10.4 Å². The number of carboxylic acid groups (broad SMARTS) is 1. The van der Waals surface area contributed by atoms with Crippen molar-refractivity contribution in [1.82, 2.24) is 0 Å². The molecular formula is C33H32Cl2N2O4. The van der Waals surface area contributed by atoms with Crippen molar-refractivity contribution in [3.8, 4) is 0 Å². The summed E-state index contributed by atoms with van der Waals surface area (Å²) in [6, 6.07) is 20.0. The minimum atomic E-state index is -1.06. The van der Waals surface area contributed by atoms with Gasteiger partial charge in [-0.15, -0.1) is 0 Å². The van der Waals surface area contributed by atoms with Crippen LogP contribution in [0.15, 0.2) is 78.0 Å². The maximum absolute atomic E-state index is 14.1. The Balaban J connectivity index is 1.70. The van der Waals surface area contributed by atoms with Crippen molar-refractivity contribution in [2.45, 2.75) is 63.8 Å². The van der Waals surface area contributed by atoms with E-state index in [-0.39, 0.29) is 42.3 Å². The zero-order valence-corrected chi connectivity index (χ0v) is 24.7. The van der Waals surface area contributed by atoms with E-state index in [1.165, 1.54) is 0 Å². The Morgan fingerprint density at radius 3 is 2.17 bits per heavy atom. The van der Waals surface area contributed by atoms with E-state index in [0.29, 0.717) is 33.4 Å². The predicted molar refractivity (Wildman–Crippen MR) is 163 cm³/mol. The number of ketones is 1. The lowest BCUT2D eigenvalue weighted by atomic mass is 9.77. The fraction of sp³-hybridized carbons (Fsp3) is 0.303. The number of amides is 1. The van der Waals surface area contributed by atoms with Crippen LogP contribution in [0, 0.1) is 0 Å². The van der Waals surface area contributed by atoms with E-state index in [9.17, 15) is 19.5 Å². The number of hydrogen-bond acceptors (Lipinski definition) is 4. The Bertz CT molecular complexity index is 1540. The van der Waals surface area contributed by atoms with Gasteiger partial charge in [-0.25, -0.2) is 0 Å². The molecule has 0 saturated carbocycles. The number of nitrogens with one attached hydrogen (secondary N) is 1. The molecule has 0 unspecified atom stereocenters. The van der Waals surface area contributed by atoms with Crippen molar-refractivity contribution < 1.29 is 19.5 Å². The molecule has 0 aromatic heterocycles. The number of carboxylic acids is 1. The first-order chi connectivity index (χ1) is 19.4. The molecule has 0 spiro atoms. The first-order valence-corrected chi connectivity index (χ1v) is 14.4. The second-order valence-electron chi connectivity index (χ2n) is 11.7. The summed E-state index contributed by atoms with van der Waals surface area (Å²) in [5.41, 5.74) is 5.19. The molecule has 2 atom stereocenters.